The van der Waals surface area contributed by atoms with Crippen molar-refractivity contribution in [2.24, 2.45) is 0 Å². The Morgan fingerprint density at radius 3 is 2.75 bits per heavy atom. The zero-order chi connectivity index (χ0) is 12.3. The molecular formula is C9H10ClN3O2S. The minimum Gasteiger partial charge on any atom is -0.397 e. The van der Waals surface area contributed by atoms with E-state index in [4.69, 9.17) is 22.6 Å². The summed E-state index contributed by atoms with van der Waals surface area (Å²) in [7, 11) is -3.75. The number of rotatable bonds is 3. The summed E-state index contributed by atoms with van der Waals surface area (Å²) in [5, 5.41) is 7.74. The van der Waals surface area contributed by atoms with E-state index in [1.807, 2.05) is 0 Å². The van der Waals surface area contributed by atoms with Gasteiger partial charge in [-0.3, -0.25) is 4.72 Å². The molecule has 3 N–H and O–H groups in total. The molecule has 0 aliphatic carbocycles. The average Bonchev–Trinajstić information content (AvgIpc) is 2.22. The number of nitrogens with two attached hydrogens (primary N) is 1. The maximum atomic E-state index is 11.6. The van der Waals surface area contributed by atoms with Crippen LogP contribution < -0.4 is 10.5 Å². The van der Waals surface area contributed by atoms with Crippen LogP contribution in [0.3, 0.4) is 0 Å². The van der Waals surface area contributed by atoms with E-state index in [0.717, 1.165) is 0 Å². The van der Waals surface area contributed by atoms with Crippen molar-refractivity contribution >= 4 is 33.0 Å². The number of halogens is 1. The number of nitrogens with one attached hydrogen (secondary N) is 1. The Bertz CT molecular complexity index is 536. The molecule has 1 unspecified atom stereocenters. The van der Waals surface area contributed by atoms with Gasteiger partial charge in [0.05, 0.1) is 17.4 Å². The van der Waals surface area contributed by atoms with Crippen molar-refractivity contribution in [2.45, 2.75) is 12.2 Å². The topological polar surface area (TPSA) is 96.0 Å². The molecule has 0 aromatic heterocycles. The lowest BCUT2D eigenvalue weighted by Crippen LogP contribution is -2.24. The summed E-state index contributed by atoms with van der Waals surface area (Å²) < 4.78 is 25.3. The minimum absolute atomic E-state index is 0.176. The smallest absolute Gasteiger partial charge is 0.248 e. The van der Waals surface area contributed by atoms with Crippen LogP contribution in [0.4, 0.5) is 11.4 Å². The summed E-state index contributed by atoms with van der Waals surface area (Å²) in [6.07, 6.45) is 0. The van der Waals surface area contributed by atoms with Gasteiger partial charge in [0.1, 0.15) is 0 Å². The first-order valence-corrected chi connectivity index (χ1v) is 6.25. The van der Waals surface area contributed by atoms with Gasteiger partial charge in [-0.25, -0.2) is 8.42 Å². The second kappa shape index (κ2) is 4.60. The number of nitriles is 1. The van der Waals surface area contributed by atoms with Crippen LogP contribution in [0.15, 0.2) is 18.2 Å². The van der Waals surface area contributed by atoms with Crippen molar-refractivity contribution in [3.8, 4) is 6.07 Å². The molecule has 0 radical (unpaired) electrons. The highest BCUT2D eigenvalue weighted by Crippen LogP contribution is 2.24. The van der Waals surface area contributed by atoms with Crippen LogP contribution >= 0.6 is 11.6 Å². The molecule has 0 spiro atoms. The van der Waals surface area contributed by atoms with Gasteiger partial charge in [-0.15, -0.1) is 0 Å². The first kappa shape index (κ1) is 12.6. The highest BCUT2D eigenvalue weighted by atomic mass is 35.5. The van der Waals surface area contributed by atoms with Crippen molar-refractivity contribution < 1.29 is 8.42 Å². The summed E-state index contributed by atoms with van der Waals surface area (Å²) in [6.45, 7) is 1.28. The monoisotopic (exact) mass is 259 g/mol. The Labute approximate surface area is 98.9 Å². The highest BCUT2D eigenvalue weighted by Gasteiger charge is 2.20. The maximum Gasteiger partial charge on any atom is 0.248 e. The molecular weight excluding hydrogens is 250 g/mol. The van der Waals surface area contributed by atoms with Crippen LogP contribution in [0.2, 0.25) is 5.02 Å². The lowest BCUT2D eigenvalue weighted by molar-refractivity contribution is 0.597. The summed E-state index contributed by atoms with van der Waals surface area (Å²) in [5.41, 5.74) is 5.99. The Kier molecular flexibility index (Phi) is 3.62. The van der Waals surface area contributed by atoms with Gasteiger partial charge in [0.25, 0.3) is 0 Å². The van der Waals surface area contributed by atoms with E-state index in [-0.39, 0.29) is 11.4 Å². The predicted molar refractivity (Wildman–Crippen MR) is 63.5 cm³/mol. The molecule has 0 heterocycles. The van der Waals surface area contributed by atoms with Crippen LogP contribution in [0.25, 0.3) is 0 Å². The number of hydrogen-bond donors (Lipinski definition) is 2. The van der Waals surface area contributed by atoms with Crippen LogP contribution in [0.1, 0.15) is 6.92 Å². The first-order valence-electron chi connectivity index (χ1n) is 4.33. The van der Waals surface area contributed by atoms with Crippen LogP contribution in [0, 0.1) is 11.3 Å². The molecule has 5 nitrogen and oxygen atoms in total. The first-order chi connectivity index (χ1) is 7.36. The molecule has 1 rings (SSSR count). The average molecular weight is 260 g/mol. The quantitative estimate of drug-likeness (QED) is 0.806. The Morgan fingerprint density at radius 1 is 1.56 bits per heavy atom. The fraction of sp³-hybridized carbons (Fsp3) is 0.222. The molecule has 1 aromatic carbocycles. The summed E-state index contributed by atoms with van der Waals surface area (Å²) in [4.78, 5) is 0. The van der Waals surface area contributed by atoms with Crippen molar-refractivity contribution in [3.63, 3.8) is 0 Å². The van der Waals surface area contributed by atoms with E-state index in [2.05, 4.69) is 4.72 Å². The molecule has 7 heteroatoms. The molecule has 0 fully saturated rings. The van der Waals surface area contributed by atoms with Gasteiger partial charge < -0.3 is 5.73 Å². The van der Waals surface area contributed by atoms with Gasteiger partial charge in [-0.2, -0.15) is 5.26 Å². The number of hydrogen-bond acceptors (Lipinski definition) is 4. The minimum atomic E-state index is -3.75. The number of anilines is 2. The SMILES string of the molecule is CC(C#N)S(=O)(=O)Nc1cc(Cl)ccc1N. The Hall–Kier alpha value is -1.45. The normalized spacial score (nSPS) is 12.8. The Morgan fingerprint density at radius 2 is 2.19 bits per heavy atom. The molecule has 0 aliphatic rings. The third kappa shape index (κ3) is 2.78. The zero-order valence-electron chi connectivity index (χ0n) is 8.44. The predicted octanol–water partition coefficient (Wildman–Crippen LogP) is 1.58. The standard InChI is InChI=1S/C9H10ClN3O2S/c1-6(5-11)16(14,15)13-9-4-7(10)2-3-8(9)12/h2-4,6,13H,12H2,1H3. The zero-order valence-corrected chi connectivity index (χ0v) is 10.0. The lowest BCUT2D eigenvalue weighted by Gasteiger charge is -2.11. The van der Waals surface area contributed by atoms with Crippen molar-refractivity contribution in [2.75, 3.05) is 10.5 Å². The van der Waals surface area contributed by atoms with Gasteiger partial charge >= 0.3 is 0 Å². The second-order valence-corrected chi connectivity index (χ2v) is 5.59. The van der Waals surface area contributed by atoms with Gasteiger partial charge in [0.2, 0.25) is 10.0 Å². The molecule has 1 aromatic rings. The molecule has 0 saturated carbocycles. The molecule has 0 aliphatic heterocycles. The van der Waals surface area contributed by atoms with E-state index in [1.165, 1.54) is 19.1 Å². The third-order valence-electron chi connectivity index (χ3n) is 1.91. The van der Waals surface area contributed by atoms with Crippen LogP contribution in [-0.2, 0) is 10.0 Å². The molecule has 1 atom stereocenters. The number of nitrogens with zero attached hydrogens (tertiary/aromatic N) is 1. The van der Waals surface area contributed by atoms with Crippen molar-refractivity contribution in [1.29, 1.82) is 5.26 Å². The Balaban J connectivity index is 3.07. The van der Waals surface area contributed by atoms with Crippen molar-refractivity contribution in [3.05, 3.63) is 23.2 Å². The van der Waals surface area contributed by atoms with E-state index in [1.54, 1.807) is 12.1 Å². The molecule has 86 valence electrons. The van der Waals surface area contributed by atoms with Crippen LogP contribution in [-0.4, -0.2) is 13.7 Å². The van der Waals surface area contributed by atoms with E-state index < -0.39 is 15.3 Å². The molecule has 16 heavy (non-hydrogen) atoms. The van der Waals surface area contributed by atoms with E-state index >= 15 is 0 Å². The molecule has 0 saturated heterocycles. The second-order valence-electron chi connectivity index (χ2n) is 3.15. The summed E-state index contributed by atoms with van der Waals surface area (Å²) in [5.74, 6) is 0. The number of nitrogen functional groups attached to an aromatic ring is 1. The number of benzene rings is 1. The lowest BCUT2D eigenvalue weighted by atomic mass is 10.3. The third-order valence-corrected chi connectivity index (χ3v) is 3.69. The van der Waals surface area contributed by atoms with Gasteiger partial charge in [-0.05, 0) is 25.1 Å². The van der Waals surface area contributed by atoms with E-state index in [9.17, 15) is 8.42 Å². The largest absolute Gasteiger partial charge is 0.397 e. The summed E-state index contributed by atoms with van der Waals surface area (Å²) in [6, 6.07) is 6.05. The highest BCUT2D eigenvalue weighted by molar-refractivity contribution is 7.93. The van der Waals surface area contributed by atoms with Crippen molar-refractivity contribution in [1.82, 2.24) is 0 Å². The van der Waals surface area contributed by atoms with Gasteiger partial charge in [-0.1, -0.05) is 11.6 Å². The summed E-state index contributed by atoms with van der Waals surface area (Å²) >= 11 is 5.70. The fourth-order valence-corrected chi connectivity index (χ4v) is 1.90. The fourth-order valence-electron chi connectivity index (χ4n) is 0.928. The molecule has 0 bridgehead atoms. The van der Waals surface area contributed by atoms with Gasteiger partial charge in [0, 0.05) is 5.02 Å². The number of sulfonamides is 1. The van der Waals surface area contributed by atoms with Crippen LogP contribution in [0.5, 0.6) is 0 Å². The molecule has 0 amide bonds. The maximum absolute atomic E-state index is 11.6. The van der Waals surface area contributed by atoms with E-state index in [0.29, 0.717) is 5.02 Å². The van der Waals surface area contributed by atoms with Gasteiger partial charge in [0.15, 0.2) is 5.25 Å².